The predicted octanol–water partition coefficient (Wildman–Crippen LogP) is 8.69. The molecular formula is C37H40N5+. The number of nitrogens with zero attached hydrogens (tertiary/aromatic N) is 5. The predicted molar refractivity (Wildman–Crippen MR) is 175 cm³/mol. The number of benzene rings is 3. The Morgan fingerprint density at radius 2 is 1.40 bits per heavy atom. The van der Waals surface area contributed by atoms with Gasteiger partial charge in [0, 0.05) is 33.2 Å². The summed E-state index contributed by atoms with van der Waals surface area (Å²) in [7, 11) is 2.16. The molecule has 0 aliphatic heterocycles. The first-order chi connectivity index (χ1) is 19.7. The van der Waals surface area contributed by atoms with Gasteiger partial charge in [-0.15, -0.1) is 0 Å². The van der Waals surface area contributed by atoms with Crippen molar-refractivity contribution in [2.24, 2.45) is 7.05 Å². The Labute approximate surface area is 247 Å². The van der Waals surface area contributed by atoms with Gasteiger partial charge in [0.25, 0.3) is 0 Å². The second-order valence-electron chi connectivity index (χ2n) is 14.5. The van der Waals surface area contributed by atoms with Crippen molar-refractivity contribution in [2.45, 2.75) is 79.1 Å². The number of hydrogen-bond donors (Lipinski definition) is 0. The first-order valence-corrected chi connectivity index (χ1v) is 15.1. The first-order valence-electron chi connectivity index (χ1n) is 15.1. The zero-order valence-corrected chi connectivity index (χ0v) is 26.5. The molecule has 0 fully saturated rings. The Morgan fingerprint density at radius 1 is 0.738 bits per heavy atom. The highest BCUT2D eigenvalue weighted by molar-refractivity contribution is 6.26. The van der Waals surface area contributed by atoms with Crippen molar-refractivity contribution in [3.63, 3.8) is 0 Å². The SMILES string of the molecule is Cc1ccc2c3ccc(C(C)C)cc3n3c4cc(-c5nc(C(C)(C)C)nc(C(C)(C)C)n5)cc5cc[n+](C)c(c1c23)c54. The molecule has 0 spiro atoms. The van der Waals surface area contributed by atoms with Gasteiger partial charge in [-0.25, -0.2) is 19.5 Å². The summed E-state index contributed by atoms with van der Waals surface area (Å²) >= 11 is 0. The van der Waals surface area contributed by atoms with Crippen LogP contribution in [-0.4, -0.2) is 19.4 Å². The van der Waals surface area contributed by atoms with Crippen LogP contribution < -0.4 is 4.57 Å². The van der Waals surface area contributed by atoms with Gasteiger partial charge in [0.2, 0.25) is 5.52 Å². The molecule has 5 heteroatoms. The number of aryl methyl sites for hydroxylation is 2. The lowest BCUT2D eigenvalue weighted by Gasteiger charge is -2.23. The minimum Gasteiger partial charge on any atom is -0.307 e. The number of pyridine rings is 2. The molecule has 7 rings (SSSR count). The summed E-state index contributed by atoms with van der Waals surface area (Å²) in [6.07, 6.45) is 2.19. The molecule has 0 atom stereocenters. The summed E-state index contributed by atoms with van der Waals surface area (Å²) in [6, 6.07) is 18.4. The average molecular weight is 555 g/mol. The molecule has 5 nitrogen and oxygen atoms in total. The number of fused-ring (bicyclic) bond motifs is 5. The van der Waals surface area contributed by atoms with E-state index in [4.69, 9.17) is 15.0 Å². The number of aromatic nitrogens is 5. The molecule has 7 aromatic rings. The third-order valence-corrected chi connectivity index (χ3v) is 8.76. The van der Waals surface area contributed by atoms with Crippen LogP contribution in [0.25, 0.3) is 60.4 Å². The van der Waals surface area contributed by atoms with Crippen molar-refractivity contribution in [1.82, 2.24) is 19.4 Å². The standard InChI is InChI=1S/C37H40N5/c1-20(2)22-12-14-25-26-13-11-21(3)29-31(26)42(27(25)18-22)28-19-24(17-23-15-16-41(10)32(29)30(23)28)33-38-34(36(4,5)6)40-35(39-33)37(7,8)9/h11-20H,1-10H3/q+1. The Hall–Kier alpha value is -4.12. The van der Waals surface area contributed by atoms with Crippen LogP contribution in [0.2, 0.25) is 0 Å². The van der Waals surface area contributed by atoms with Crippen LogP contribution in [0.4, 0.5) is 0 Å². The monoisotopic (exact) mass is 554 g/mol. The van der Waals surface area contributed by atoms with E-state index >= 15 is 0 Å². The van der Waals surface area contributed by atoms with Crippen molar-refractivity contribution in [1.29, 1.82) is 0 Å². The molecule has 0 bridgehead atoms. The summed E-state index contributed by atoms with van der Waals surface area (Å²) in [5.41, 5.74) is 8.23. The molecule has 0 unspecified atom stereocenters. The minimum atomic E-state index is -0.198. The lowest BCUT2D eigenvalue weighted by molar-refractivity contribution is -0.643. The molecule has 212 valence electrons. The van der Waals surface area contributed by atoms with Crippen LogP contribution in [0.5, 0.6) is 0 Å². The quantitative estimate of drug-likeness (QED) is 0.122. The first kappa shape index (κ1) is 26.8. The van der Waals surface area contributed by atoms with Gasteiger partial charge in [0.1, 0.15) is 18.7 Å². The minimum absolute atomic E-state index is 0.198. The van der Waals surface area contributed by atoms with Crippen LogP contribution >= 0.6 is 0 Å². The van der Waals surface area contributed by atoms with E-state index in [9.17, 15) is 0 Å². The normalized spacial score (nSPS) is 13.2. The van der Waals surface area contributed by atoms with E-state index in [1.807, 2.05) is 0 Å². The Balaban J connectivity index is 1.70. The summed E-state index contributed by atoms with van der Waals surface area (Å²) in [5.74, 6) is 2.82. The summed E-state index contributed by atoms with van der Waals surface area (Å²) in [4.78, 5) is 15.1. The fourth-order valence-corrected chi connectivity index (χ4v) is 6.40. The van der Waals surface area contributed by atoms with Crippen LogP contribution in [0.3, 0.4) is 0 Å². The van der Waals surface area contributed by atoms with Crippen LogP contribution in [0.1, 0.15) is 84.1 Å². The van der Waals surface area contributed by atoms with E-state index in [1.54, 1.807) is 0 Å². The number of hydrogen-bond acceptors (Lipinski definition) is 3. The van der Waals surface area contributed by atoms with Crippen LogP contribution in [0, 0.1) is 6.92 Å². The fraction of sp³-hybridized carbons (Fsp3) is 0.351. The molecule has 4 aromatic heterocycles. The third-order valence-electron chi connectivity index (χ3n) is 8.76. The topological polar surface area (TPSA) is 47.0 Å². The third kappa shape index (κ3) is 3.82. The zero-order valence-electron chi connectivity index (χ0n) is 26.5. The lowest BCUT2D eigenvalue weighted by Crippen LogP contribution is -2.29. The van der Waals surface area contributed by atoms with Crippen LogP contribution in [-0.2, 0) is 17.9 Å². The molecule has 0 saturated carbocycles. The van der Waals surface area contributed by atoms with E-state index in [1.165, 1.54) is 60.1 Å². The average Bonchev–Trinajstić information content (AvgIpc) is 3.26. The molecule has 0 aliphatic carbocycles. The maximum absolute atomic E-state index is 5.09. The second kappa shape index (κ2) is 8.70. The molecule has 4 heterocycles. The summed E-state index contributed by atoms with van der Waals surface area (Å²) in [5, 5.41) is 6.34. The van der Waals surface area contributed by atoms with Gasteiger partial charge in [-0.1, -0.05) is 79.7 Å². The highest BCUT2D eigenvalue weighted by atomic mass is 15.1. The van der Waals surface area contributed by atoms with E-state index in [2.05, 4.69) is 133 Å². The molecule has 0 radical (unpaired) electrons. The lowest BCUT2D eigenvalue weighted by atomic mass is 9.92. The van der Waals surface area contributed by atoms with Gasteiger partial charge in [-0.2, -0.15) is 0 Å². The van der Waals surface area contributed by atoms with Crippen molar-refractivity contribution in [2.75, 3.05) is 0 Å². The van der Waals surface area contributed by atoms with Gasteiger partial charge in [-0.05, 0) is 47.6 Å². The van der Waals surface area contributed by atoms with Crippen molar-refractivity contribution in [3.8, 4) is 11.4 Å². The van der Waals surface area contributed by atoms with E-state index in [-0.39, 0.29) is 10.8 Å². The number of rotatable bonds is 2. The van der Waals surface area contributed by atoms with Gasteiger partial charge < -0.3 is 4.40 Å². The van der Waals surface area contributed by atoms with Crippen molar-refractivity contribution >= 4 is 49.0 Å². The van der Waals surface area contributed by atoms with Gasteiger partial charge in [0.05, 0.1) is 27.3 Å². The molecule has 0 N–H and O–H groups in total. The summed E-state index contributed by atoms with van der Waals surface area (Å²) < 4.78 is 4.79. The van der Waals surface area contributed by atoms with Crippen molar-refractivity contribution < 1.29 is 4.57 Å². The molecular weight excluding hydrogens is 514 g/mol. The van der Waals surface area contributed by atoms with Gasteiger partial charge in [-0.3, -0.25) is 0 Å². The molecule has 0 saturated heterocycles. The largest absolute Gasteiger partial charge is 0.307 e. The molecule has 0 amide bonds. The second-order valence-corrected chi connectivity index (χ2v) is 14.5. The maximum Gasteiger partial charge on any atom is 0.224 e. The van der Waals surface area contributed by atoms with E-state index in [0.29, 0.717) is 5.92 Å². The fourth-order valence-electron chi connectivity index (χ4n) is 6.40. The Morgan fingerprint density at radius 3 is 2.05 bits per heavy atom. The molecule has 3 aromatic carbocycles. The van der Waals surface area contributed by atoms with Crippen molar-refractivity contribution in [3.05, 3.63) is 77.5 Å². The maximum atomic E-state index is 5.09. The Kier molecular flexibility index (Phi) is 5.54. The summed E-state index contributed by atoms with van der Waals surface area (Å²) in [6.45, 7) is 19.8. The highest BCUT2D eigenvalue weighted by Gasteiger charge is 2.28. The molecule has 0 aliphatic rings. The zero-order chi connectivity index (χ0) is 29.9. The highest BCUT2D eigenvalue weighted by Crippen LogP contribution is 2.42. The van der Waals surface area contributed by atoms with E-state index < -0.39 is 0 Å². The van der Waals surface area contributed by atoms with Gasteiger partial charge in [0.15, 0.2) is 12.0 Å². The molecule has 42 heavy (non-hydrogen) atoms. The Bertz CT molecular complexity index is 2170. The van der Waals surface area contributed by atoms with E-state index in [0.717, 1.165) is 23.0 Å². The van der Waals surface area contributed by atoms with Crippen LogP contribution in [0.15, 0.2) is 54.7 Å². The van der Waals surface area contributed by atoms with Gasteiger partial charge >= 0.3 is 0 Å². The smallest absolute Gasteiger partial charge is 0.224 e.